The van der Waals surface area contributed by atoms with E-state index in [1.807, 2.05) is 20.8 Å². The minimum Gasteiger partial charge on any atom is -0.459 e. The zero-order valence-corrected chi connectivity index (χ0v) is 13.4. The van der Waals surface area contributed by atoms with Gasteiger partial charge in [0.15, 0.2) is 0 Å². The monoisotopic (exact) mass is 296 g/mol. The fourth-order valence-corrected chi connectivity index (χ4v) is 3.03. The summed E-state index contributed by atoms with van der Waals surface area (Å²) in [6, 6.07) is 4.27. The molecule has 1 aromatic heterocycles. The minimum atomic E-state index is -0.391. The van der Waals surface area contributed by atoms with Gasteiger partial charge in [0.05, 0.1) is 6.54 Å². The van der Waals surface area contributed by atoms with Crippen LogP contribution >= 0.6 is 11.3 Å². The third kappa shape index (κ3) is 5.23. The molecule has 2 heterocycles. The van der Waals surface area contributed by atoms with E-state index in [2.05, 4.69) is 27.3 Å². The van der Waals surface area contributed by atoms with Gasteiger partial charge in [0, 0.05) is 37.6 Å². The summed E-state index contributed by atoms with van der Waals surface area (Å²) in [5.41, 5.74) is -0.391. The van der Waals surface area contributed by atoms with E-state index < -0.39 is 5.60 Å². The Morgan fingerprint density at radius 3 is 2.45 bits per heavy atom. The number of carbonyl (C=O) groups is 1. The number of carbonyl (C=O) groups excluding carboxylic acids is 1. The Bertz CT molecular complexity index is 418. The van der Waals surface area contributed by atoms with Gasteiger partial charge in [0.1, 0.15) is 5.60 Å². The average molecular weight is 296 g/mol. The second-order valence-corrected chi connectivity index (χ2v) is 7.25. The van der Waals surface area contributed by atoms with Crippen molar-refractivity contribution in [2.45, 2.75) is 32.9 Å². The summed E-state index contributed by atoms with van der Waals surface area (Å²) in [4.78, 5) is 17.8. The number of hydrogen-bond donors (Lipinski definition) is 0. The molecule has 1 aliphatic heterocycles. The molecule has 1 aliphatic rings. The third-order valence-electron chi connectivity index (χ3n) is 3.20. The second kappa shape index (κ2) is 6.70. The molecule has 2 rings (SSSR count). The van der Waals surface area contributed by atoms with Gasteiger partial charge >= 0.3 is 5.97 Å². The Labute approximate surface area is 125 Å². The van der Waals surface area contributed by atoms with Crippen molar-refractivity contribution < 1.29 is 9.53 Å². The van der Waals surface area contributed by atoms with Crippen molar-refractivity contribution in [3.8, 4) is 0 Å². The van der Waals surface area contributed by atoms with Crippen LogP contribution in [0.2, 0.25) is 0 Å². The zero-order chi connectivity index (χ0) is 14.6. The molecule has 1 aromatic rings. The van der Waals surface area contributed by atoms with Gasteiger partial charge in [-0.2, -0.15) is 0 Å². The van der Waals surface area contributed by atoms with Gasteiger partial charge in [-0.1, -0.05) is 6.07 Å². The summed E-state index contributed by atoms with van der Waals surface area (Å²) < 4.78 is 5.36. The number of nitrogens with zero attached hydrogens (tertiary/aromatic N) is 2. The molecule has 0 unspecified atom stereocenters. The molecule has 0 N–H and O–H groups in total. The highest BCUT2D eigenvalue weighted by Gasteiger charge is 2.22. The number of esters is 1. The second-order valence-electron chi connectivity index (χ2n) is 6.22. The Kier molecular flexibility index (Phi) is 5.18. The fourth-order valence-electron chi connectivity index (χ4n) is 2.28. The third-order valence-corrected chi connectivity index (χ3v) is 4.06. The molecule has 0 atom stereocenters. The molecule has 0 bridgehead atoms. The van der Waals surface area contributed by atoms with Crippen molar-refractivity contribution in [2.75, 3.05) is 32.7 Å². The number of thiophene rings is 1. The Morgan fingerprint density at radius 2 is 1.90 bits per heavy atom. The van der Waals surface area contributed by atoms with Crippen molar-refractivity contribution >= 4 is 17.3 Å². The lowest BCUT2D eigenvalue weighted by atomic mass is 10.2. The van der Waals surface area contributed by atoms with Gasteiger partial charge in [-0.15, -0.1) is 11.3 Å². The summed E-state index contributed by atoms with van der Waals surface area (Å²) in [6.45, 7) is 11.1. The molecule has 4 nitrogen and oxygen atoms in total. The molecule has 0 aliphatic carbocycles. The SMILES string of the molecule is CC(C)(C)OC(=O)CN1CCN(Cc2cccs2)CC1. The quantitative estimate of drug-likeness (QED) is 0.798. The van der Waals surface area contributed by atoms with Gasteiger partial charge in [0.25, 0.3) is 0 Å². The van der Waals surface area contributed by atoms with Crippen LogP contribution < -0.4 is 0 Å². The lowest BCUT2D eigenvalue weighted by Crippen LogP contribution is -2.48. The van der Waals surface area contributed by atoms with Crippen molar-refractivity contribution in [3.63, 3.8) is 0 Å². The maximum absolute atomic E-state index is 11.8. The lowest BCUT2D eigenvalue weighted by Gasteiger charge is -2.34. The topological polar surface area (TPSA) is 32.8 Å². The maximum atomic E-state index is 11.8. The summed E-state index contributed by atoms with van der Waals surface area (Å²) in [5.74, 6) is -0.121. The van der Waals surface area contributed by atoms with E-state index in [4.69, 9.17) is 4.74 Å². The van der Waals surface area contributed by atoms with Crippen LogP contribution in [0.5, 0.6) is 0 Å². The summed E-state index contributed by atoms with van der Waals surface area (Å²) >= 11 is 1.80. The van der Waals surface area contributed by atoms with Crippen LogP contribution in [0.25, 0.3) is 0 Å². The highest BCUT2D eigenvalue weighted by molar-refractivity contribution is 7.09. The molecule has 0 radical (unpaired) electrons. The molecule has 0 amide bonds. The molecular weight excluding hydrogens is 272 g/mol. The van der Waals surface area contributed by atoms with E-state index in [0.717, 1.165) is 32.7 Å². The van der Waals surface area contributed by atoms with Crippen LogP contribution in [0.4, 0.5) is 0 Å². The number of piperazine rings is 1. The van der Waals surface area contributed by atoms with Gasteiger partial charge < -0.3 is 4.74 Å². The predicted molar refractivity (Wildman–Crippen MR) is 81.9 cm³/mol. The van der Waals surface area contributed by atoms with E-state index in [0.29, 0.717) is 6.54 Å². The van der Waals surface area contributed by atoms with Crippen molar-refractivity contribution in [1.29, 1.82) is 0 Å². The average Bonchev–Trinajstić information content (AvgIpc) is 2.82. The Hall–Kier alpha value is -0.910. The van der Waals surface area contributed by atoms with Crippen molar-refractivity contribution in [2.24, 2.45) is 0 Å². The first-order valence-corrected chi connectivity index (χ1v) is 7.99. The molecule has 0 spiro atoms. The molecular formula is C15H24N2O2S. The highest BCUT2D eigenvalue weighted by atomic mass is 32.1. The number of ether oxygens (including phenoxy) is 1. The van der Waals surface area contributed by atoms with Gasteiger partial charge in [-0.25, -0.2) is 0 Å². The van der Waals surface area contributed by atoms with Crippen molar-refractivity contribution in [1.82, 2.24) is 9.80 Å². The first-order chi connectivity index (χ1) is 9.42. The zero-order valence-electron chi connectivity index (χ0n) is 12.6. The molecule has 0 aromatic carbocycles. The van der Waals surface area contributed by atoms with Crippen LogP contribution in [0, 0.1) is 0 Å². The number of hydrogen-bond acceptors (Lipinski definition) is 5. The molecule has 112 valence electrons. The van der Waals surface area contributed by atoms with Gasteiger partial charge in [0.2, 0.25) is 0 Å². The predicted octanol–water partition coefficient (Wildman–Crippen LogP) is 2.21. The molecule has 0 saturated carbocycles. The first kappa shape index (κ1) is 15.5. The molecule has 5 heteroatoms. The van der Waals surface area contributed by atoms with E-state index in [1.54, 1.807) is 11.3 Å². The molecule has 1 saturated heterocycles. The van der Waals surface area contributed by atoms with E-state index in [-0.39, 0.29) is 5.97 Å². The van der Waals surface area contributed by atoms with Crippen LogP contribution in [0.3, 0.4) is 0 Å². The number of rotatable bonds is 4. The fraction of sp³-hybridized carbons (Fsp3) is 0.667. The van der Waals surface area contributed by atoms with Crippen LogP contribution in [-0.2, 0) is 16.1 Å². The van der Waals surface area contributed by atoms with Crippen LogP contribution in [0.15, 0.2) is 17.5 Å². The summed E-state index contributed by atoms with van der Waals surface area (Å²) in [5, 5.41) is 2.12. The summed E-state index contributed by atoms with van der Waals surface area (Å²) in [7, 11) is 0. The Morgan fingerprint density at radius 1 is 1.25 bits per heavy atom. The molecule has 20 heavy (non-hydrogen) atoms. The molecule has 1 fully saturated rings. The van der Waals surface area contributed by atoms with Gasteiger partial charge in [-0.05, 0) is 32.2 Å². The van der Waals surface area contributed by atoms with E-state index in [9.17, 15) is 4.79 Å². The van der Waals surface area contributed by atoms with E-state index in [1.165, 1.54) is 4.88 Å². The van der Waals surface area contributed by atoms with Gasteiger partial charge in [-0.3, -0.25) is 14.6 Å². The first-order valence-electron chi connectivity index (χ1n) is 7.11. The maximum Gasteiger partial charge on any atom is 0.320 e. The van der Waals surface area contributed by atoms with Crippen LogP contribution in [0.1, 0.15) is 25.6 Å². The Balaban J connectivity index is 1.70. The smallest absolute Gasteiger partial charge is 0.320 e. The van der Waals surface area contributed by atoms with Crippen LogP contribution in [-0.4, -0.2) is 54.1 Å². The minimum absolute atomic E-state index is 0.121. The standard InChI is InChI=1S/C15H24N2O2S/c1-15(2,3)19-14(18)12-17-8-6-16(7-9-17)11-13-5-4-10-20-13/h4-5,10H,6-9,11-12H2,1-3H3. The van der Waals surface area contributed by atoms with Crippen molar-refractivity contribution in [3.05, 3.63) is 22.4 Å². The van der Waals surface area contributed by atoms with E-state index >= 15 is 0 Å². The normalized spacial score (nSPS) is 18.1. The lowest BCUT2D eigenvalue weighted by molar-refractivity contribution is -0.156. The highest BCUT2D eigenvalue weighted by Crippen LogP contribution is 2.14. The summed E-state index contributed by atoms with van der Waals surface area (Å²) in [6.07, 6.45) is 0. The largest absolute Gasteiger partial charge is 0.459 e.